The average molecular weight is 335 g/mol. The van der Waals surface area contributed by atoms with Gasteiger partial charge in [0.1, 0.15) is 23.9 Å². The first-order chi connectivity index (χ1) is 8.61. The molecule has 6 heteroatoms. The van der Waals surface area contributed by atoms with Crippen LogP contribution in [0, 0.1) is 5.82 Å². The first-order valence-corrected chi connectivity index (χ1v) is 6.31. The lowest BCUT2D eigenvalue weighted by Crippen LogP contribution is -2.02. The van der Waals surface area contributed by atoms with E-state index < -0.39 is 5.82 Å². The molecule has 1 aromatic carbocycles. The van der Waals surface area contributed by atoms with E-state index in [4.69, 9.17) is 26.5 Å². The molecule has 3 nitrogen and oxygen atoms in total. The number of hydrogen-bond acceptors (Lipinski definition) is 3. The molecule has 2 rings (SSSR count). The van der Waals surface area contributed by atoms with E-state index in [1.807, 2.05) is 0 Å². The van der Waals surface area contributed by atoms with Crippen LogP contribution >= 0.6 is 27.5 Å². The second-order valence-electron chi connectivity index (χ2n) is 3.56. The Morgan fingerprint density at radius 2 is 2.22 bits per heavy atom. The molecule has 0 bridgehead atoms. The highest BCUT2D eigenvalue weighted by molar-refractivity contribution is 9.10. The standard InChI is InChI=1S/C12H10BrClFNO2/c13-8-3-9(14)10(15)4-11(8)18-6-7-1-2-17-12(7)5-16/h1-4H,5-6,16H2. The lowest BCUT2D eigenvalue weighted by molar-refractivity contribution is 0.298. The molecule has 0 atom stereocenters. The number of benzene rings is 1. The van der Waals surface area contributed by atoms with E-state index in [2.05, 4.69) is 15.9 Å². The largest absolute Gasteiger partial charge is 0.487 e. The summed E-state index contributed by atoms with van der Waals surface area (Å²) in [5, 5.41) is 0.0418. The van der Waals surface area contributed by atoms with Crippen molar-refractivity contribution in [1.82, 2.24) is 0 Å². The van der Waals surface area contributed by atoms with Crippen LogP contribution in [0.5, 0.6) is 5.75 Å². The normalized spacial score (nSPS) is 10.7. The molecular weight excluding hydrogens is 324 g/mol. The fraction of sp³-hybridized carbons (Fsp3) is 0.167. The Kier molecular flexibility index (Phi) is 4.27. The van der Waals surface area contributed by atoms with E-state index in [0.717, 1.165) is 5.56 Å². The summed E-state index contributed by atoms with van der Waals surface area (Å²) < 4.78 is 24.6. The summed E-state index contributed by atoms with van der Waals surface area (Å²) in [6.07, 6.45) is 1.54. The second-order valence-corrected chi connectivity index (χ2v) is 4.82. The van der Waals surface area contributed by atoms with Gasteiger partial charge in [-0.15, -0.1) is 0 Å². The van der Waals surface area contributed by atoms with Gasteiger partial charge in [0.25, 0.3) is 0 Å². The number of halogens is 3. The summed E-state index contributed by atoms with van der Waals surface area (Å²) in [5.41, 5.74) is 6.34. The molecule has 0 aliphatic heterocycles. The van der Waals surface area contributed by atoms with Crippen molar-refractivity contribution in [2.75, 3.05) is 0 Å². The highest BCUT2D eigenvalue weighted by Gasteiger charge is 2.10. The molecule has 0 spiro atoms. The van der Waals surface area contributed by atoms with Crippen molar-refractivity contribution in [1.29, 1.82) is 0 Å². The summed E-state index contributed by atoms with van der Waals surface area (Å²) in [4.78, 5) is 0. The summed E-state index contributed by atoms with van der Waals surface area (Å²) in [5.74, 6) is 0.503. The first-order valence-electron chi connectivity index (χ1n) is 5.14. The Labute approximate surface area is 117 Å². The molecule has 0 saturated carbocycles. The third-order valence-corrected chi connectivity index (χ3v) is 3.29. The topological polar surface area (TPSA) is 48.4 Å². The molecule has 0 aliphatic rings. The van der Waals surface area contributed by atoms with Crippen LogP contribution in [0.1, 0.15) is 11.3 Å². The minimum atomic E-state index is -0.527. The molecule has 0 radical (unpaired) electrons. The molecule has 1 heterocycles. The Morgan fingerprint density at radius 1 is 1.44 bits per heavy atom. The fourth-order valence-corrected chi connectivity index (χ4v) is 2.20. The van der Waals surface area contributed by atoms with Gasteiger partial charge in [-0.25, -0.2) is 4.39 Å². The van der Waals surface area contributed by atoms with E-state index in [1.54, 1.807) is 12.3 Å². The monoisotopic (exact) mass is 333 g/mol. The zero-order chi connectivity index (χ0) is 13.1. The third-order valence-electron chi connectivity index (χ3n) is 2.38. The van der Waals surface area contributed by atoms with Gasteiger partial charge in [0.15, 0.2) is 0 Å². The molecule has 2 aromatic rings. The number of rotatable bonds is 4. The zero-order valence-corrected chi connectivity index (χ0v) is 11.6. The van der Waals surface area contributed by atoms with E-state index in [9.17, 15) is 4.39 Å². The molecule has 18 heavy (non-hydrogen) atoms. The molecule has 0 saturated heterocycles. The van der Waals surface area contributed by atoms with Crippen LogP contribution in [0.25, 0.3) is 0 Å². The van der Waals surface area contributed by atoms with Gasteiger partial charge >= 0.3 is 0 Å². The summed E-state index contributed by atoms with van der Waals surface area (Å²) in [6.45, 7) is 0.546. The second kappa shape index (κ2) is 5.73. The lowest BCUT2D eigenvalue weighted by Gasteiger charge is -2.08. The zero-order valence-electron chi connectivity index (χ0n) is 9.25. The molecular formula is C12H10BrClFNO2. The molecule has 0 amide bonds. The number of nitrogens with two attached hydrogens (primary N) is 1. The number of ether oxygens (including phenoxy) is 1. The minimum Gasteiger partial charge on any atom is -0.487 e. The summed E-state index contributed by atoms with van der Waals surface area (Å²) in [6, 6.07) is 4.45. The molecule has 0 unspecified atom stereocenters. The quantitative estimate of drug-likeness (QED) is 0.863. The minimum absolute atomic E-state index is 0.0418. The van der Waals surface area contributed by atoms with Crippen molar-refractivity contribution >= 4 is 27.5 Å². The van der Waals surface area contributed by atoms with Gasteiger partial charge in [0, 0.05) is 11.6 Å². The van der Waals surface area contributed by atoms with Crippen molar-refractivity contribution < 1.29 is 13.5 Å². The maximum Gasteiger partial charge on any atom is 0.145 e. The predicted molar refractivity (Wildman–Crippen MR) is 70.0 cm³/mol. The first kappa shape index (κ1) is 13.4. The SMILES string of the molecule is NCc1occc1COc1cc(F)c(Cl)cc1Br. The van der Waals surface area contributed by atoms with Crippen molar-refractivity contribution in [3.63, 3.8) is 0 Å². The Morgan fingerprint density at radius 3 is 2.94 bits per heavy atom. The van der Waals surface area contributed by atoms with Gasteiger partial charge in [-0.2, -0.15) is 0 Å². The number of furan rings is 1. The van der Waals surface area contributed by atoms with Gasteiger partial charge in [0.2, 0.25) is 0 Å². The van der Waals surface area contributed by atoms with Crippen molar-refractivity contribution in [2.24, 2.45) is 5.73 Å². The average Bonchev–Trinajstić information content (AvgIpc) is 2.79. The van der Waals surface area contributed by atoms with Crippen LogP contribution in [0.3, 0.4) is 0 Å². The van der Waals surface area contributed by atoms with Gasteiger partial charge in [-0.1, -0.05) is 11.6 Å². The highest BCUT2D eigenvalue weighted by Crippen LogP contribution is 2.31. The van der Waals surface area contributed by atoms with Crippen LogP contribution < -0.4 is 10.5 Å². The molecule has 2 N–H and O–H groups in total. The predicted octanol–water partition coefficient (Wildman–Crippen LogP) is 3.87. The lowest BCUT2D eigenvalue weighted by atomic mass is 10.2. The Bertz CT molecular complexity index is 559. The van der Waals surface area contributed by atoms with E-state index in [1.165, 1.54) is 12.1 Å². The van der Waals surface area contributed by atoms with Crippen molar-refractivity contribution in [3.8, 4) is 5.75 Å². The molecule has 96 valence electrons. The smallest absolute Gasteiger partial charge is 0.145 e. The van der Waals surface area contributed by atoms with Gasteiger partial charge in [0.05, 0.1) is 22.3 Å². The van der Waals surface area contributed by atoms with E-state index >= 15 is 0 Å². The van der Waals surface area contributed by atoms with Gasteiger partial charge in [-0.05, 0) is 28.1 Å². The number of hydrogen-bond donors (Lipinski definition) is 1. The summed E-state index contributed by atoms with van der Waals surface area (Å²) >= 11 is 8.90. The van der Waals surface area contributed by atoms with Crippen LogP contribution in [0.15, 0.2) is 33.4 Å². The molecule has 1 aromatic heterocycles. The summed E-state index contributed by atoms with van der Waals surface area (Å²) in [7, 11) is 0. The van der Waals surface area contributed by atoms with E-state index in [-0.39, 0.29) is 11.6 Å². The van der Waals surface area contributed by atoms with Gasteiger partial charge < -0.3 is 14.9 Å². The molecule has 0 aliphatic carbocycles. The Hall–Kier alpha value is -1.04. The van der Waals surface area contributed by atoms with E-state index in [0.29, 0.717) is 22.5 Å². The maximum atomic E-state index is 13.3. The third kappa shape index (κ3) is 2.85. The van der Waals surface area contributed by atoms with Crippen LogP contribution in [0.4, 0.5) is 4.39 Å². The van der Waals surface area contributed by atoms with Crippen molar-refractivity contribution in [3.05, 3.63) is 51.1 Å². The maximum absolute atomic E-state index is 13.3. The Balaban J connectivity index is 2.13. The van der Waals surface area contributed by atoms with Gasteiger partial charge in [-0.3, -0.25) is 0 Å². The van der Waals surface area contributed by atoms with Crippen LogP contribution in [0.2, 0.25) is 5.02 Å². The van der Waals surface area contributed by atoms with Crippen LogP contribution in [-0.4, -0.2) is 0 Å². The van der Waals surface area contributed by atoms with Crippen LogP contribution in [-0.2, 0) is 13.2 Å². The van der Waals surface area contributed by atoms with Crippen molar-refractivity contribution in [2.45, 2.75) is 13.2 Å². The fourth-order valence-electron chi connectivity index (χ4n) is 1.45. The molecule has 0 fully saturated rings. The highest BCUT2D eigenvalue weighted by atomic mass is 79.9.